The lowest BCUT2D eigenvalue weighted by Gasteiger charge is -2.38. The van der Waals surface area contributed by atoms with Gasteiger partial charge in [-0.2, -0.15) is 0 Å². The van der Waals surface area contributed by atoms with Crippen LogP contribution in [0, 0.1) is 5.41 Å². The summed E-state index contributed by atoms with van der Waals surface area (Å²) in [6.07, 6.45) is 3.34. The fourth-order valence-electron chi connectivity index (χ4n) is 2.78. The average molecular weight is 347 g/mol. The van der Waals surface area contributed by atoms with Crippen molar-refractivity contribution in [2.45, 2.75) is 25.8 Å². The van der Waals surface area contributed by atoms with E-state index in [-0.39, 0.29) is 0 Å². The highest BCUT2D eigenvalue weighted by Crippen LogP contribution is 2.36. The van der Waals surface area contributed by atoms with E-state index in [1.165, 1.54) is 0 Å². The van der Waals surface area contributed by atoms with Gasteiger partial charge < -0.3 is 9.84 Å². The van der Waals surface area contributed by atoms with E-state index in [1.54, 1.807) is 19.4 Å². The molecule has 0 atom stereocenters. The number of methoxy groups -OCH3 is 1. The van der Waals surface area contributed by atoms with Gasteiger partial charge in [0.15, 0.2) is 0 Å². The zero-order valence-electron chi connectivity index (χ0n) is 12.5. The fourth-order valence-corrected chi connectivity index (χ4v) is 3.22. The zero-order chi connectivity index (χ0) is 16.2. The van der Waals surface area contributed by atoms with Crippen molar-refractivity contribution in [1.82, 2.24) is 9.88 Å². The average Bonchev–Trinajstić information content (AvgIpc) is 2.49. The summed E-state index contributed by atoms with van der Waals surface area (Å²) in [6.45, 7) is 2.49. The van der Waals surface area contributed by atoms with Gasteiger partial charge in [-0.1, -0.05) is 23.2 Å². The van der Waals surface area contributed by atoms with Gasteiger partial charge in [-0.25, -0.2) is 0 Å². The van der Waals surface area contributed by atoms with Crippen LogP contribution in [0.2, 0.25) is 10.0 Å². The molecule has 122 valence electrons. The molecule has 2 rings (SSSR count). The molecule has 0 saturated carbocycles. The smallest absolute Gasteiger partial charge is 0.309 e. The Morgan fingerprint density at radius 1 is 1.45 bits per heavy atom. The third kappa shape index (κ3) is 4.10. The number of halogens is 2. The highest BCUT2D eigenvalue weighted by atomic mass is 35.5. The summed E-state index contributed by atoms with van der Waals surface area (Å²) >= 11 is 12.0. The number of ether oxygens (including phenoxy) is 1. The van der Waals surface area contributed by atoms with Gasteiger partial charge in [0, 0.05) is 26.5 Å². The molecule has 1 aromatic heterocycles. The molecule has 0 aromatic carbocycles. The minimum atomic E-state index is -0.730. The molecular formula is C15H20Cl2N2O3. The second kappa shape index (κ2) is 7.59. The summed E-state index contributed by atoms with van der Waals surface area (Å²) in [5.74, 6) is -0.730. The molecule has 1 aliphatic heterocycles. The molecule has 0 bridgehead atoms. The highest BCUT2D eigenvalue weighted by molar-refractivity contribution is 6.34. The number of hydrogen-bond donors (Lipinski definition) is 1. The Kier molecular flexibility index (Phi) is 6.03. The van der Waals surface area contributed by atoms with E-state index in [0.29, 0.717) is 55.5 Å². The lowest BCUT2D eigenvalue weighted by atomic mass is 9.76. The summed E-state index contributed by atoms with van der Waals surface area (Å²) in [6, 6.07) is 1.68. The first-order valence-electron chi connectivity index (χ1n) is 7.21. The predicted octanol–water partition coefficient (Wildman–Crippen LogP) is 3.09. The van der Waals surface area contributed by atoms with Crippen molar-refractivity contribution in [2.24, 2.45) is 5.41 Å². The maximum atomic E-state index is 11.6. The Bertz CT molecular complexity index is 532. The maximum absolute atomic E-state index is 11.6. The lowest BCUT2D eigenvalue weighted by molar-refractivity contribution is -0.153. The number of likely N-dealkylation sites (tertiary alicyclic amines) is 1. The van der Waals surface area contributed by atoms with Gasteiger partial charge in [0.25, 0.3) is 0 Å². The number of aromatic nitrogens is 1. The summed E-state index contributed by atoms with van der Waals surface area (Å²) in [5.41, 5.74) is 0.0924. The molecule has 0 aliphatic carbocycles. The van der Waals surface area contributed by atoms with E-state index in [0.717, 1.165) is 5.69 Å². The van der Waals surface area contributed by atoms with E-state index in [9.17, 15) is 9.90 Å². The van der Waals surface area contributed by atoms with Crippen LogP contribution in [0.15, 0.2) is 12.3 Å². The first kappa shape index (κ1) is 17.5. The molecule has 7 heteroatoms. The number of hydrogen-bond acceptors (Lipinski definition) is 4. The SMILES string of the molecule is COCCC1(C(=O)O)CCN(Cc2ncc(Cl)cc2Cl)CC1. The molecule has 1 N–H and O–H groups in total. The predicted molar refractivity (Wildman–Crippen MR) is 85.3 cm³/mol. The van der Waals surface area contributed by atoms with Gasteiger partial charge >= 0.3 is 5.97 Å². The van der Waals surface area contributed by atoms with Crippen LogP contribution in [0.25, 0.3) is 0 Å². The quantitative estimate of drug-likeness (QED) is 0.857. The highest BCUT2D eigenvalue weighted by Gasteiger charge is 2.41. The lowest BCUT2D eigenvalue weighted by Crippen LogP contribution is -2.44. The summed E-state index contributed by atoms with van der Waals surface area (Å²) in [4.78, 5) is 18.0. The van der Waals surface area contributed by atoms with E-state index < -0.39 is 11.4 Å². The van der Waals surface area contributed by atoms with Crippen molar-refractivity contribution < 1.29 is 14.6 Å². The Hall–Kier alpha value is -0.880. The molecule has 0 radical (unpaired) electrons. The van der Waals surface area contributed by atoms with Crippen molar-refractivity contribution >= 4 is 29.2 Å². The molecule has 1 aromatic rings. The number of nitrogens with zero attached hydrogens (tertiary/aromatic N) is 2. The Morgan fingerprint density at radius 3 is 2.68 bits per heavy atom. The van der Waals surface area contributed by atoms with E-state index >= 15 is 0 Å². The summed E-state index contributed by atoms with van der Waals surface area (Å²) in [5, 5.41) is 10.6. The van der Waals surface area contributed by atoms with Gasteiger partial charge in [-0.3, -0.25) is 14.7 Å². The molecule has 0 amide bonds. The van der Waals surface area contributed by atoms with E-state index in [1.807, 2.05) is 0 Å². The van der Waals surface area contributed by atoms with Crippen LogP contribution in [0.1, 0.15) is 25.0 Å². The van der Waals surface area contributed by atoms with Gasteiger partial charge in [-0.05, 0) is 38.4 Å². The molecule has 1 saturated heterocycles. The molecule has 1 fully saturated rings. The number of aliphatic carboxylic acids is 1. The van der Waals surface area contributed by atoms with Crippen molar-refractivity contribution in [3.8, 4) is 0 Å². The third-order valence-electron chi connectivity index (χ3n) is 4.31. The van der Waals surface area contributed by atoms with E-state index in [2.05, 4.69) is 9.88 Å². The number of carboxylic acid groups (broad SMARTS) is 1. The largest absolute Gasteiger partial charge is 0.481 e. The van der Waals surface area contributed by atoms with Crippen LogP contribution < -0.4 is 0 Å². The van der Waals surface area contributed by atoms with Crippen molar-refractivity contribution in [3.63, 3.8) is 0 Å². The molecule has 0 spiro atoms. The van der Waals surface area contributed by atoms with Crippen molar-refractivity contribution in [2.75, 3.05) is 26.8 Å². The Morgan fingerprint density at radius 2 is 2.14 bits per heavy atom. The molecule has 0 unspecified atom stereocenters. The van der Waals surface area contributed by atoms with E-state index in [4.69, 9.17) is 27.9 Å². The summed E-state index contributed by atoms with van der Waals surface area (Å²) < 4.78 is 5.05. The number of carboxylic acids is 1. The minimum absolute atomic E-state index is 0.469. The number of rotatable bonds is 6. The molecule has 2 heterocycles. The number of piperidine rings is 1. The van der Waals surface area contributed by atoms with Gasteiger partial charge in [0.05, 0.1) is 21.2 Å². The van der Waals surface area contributed by atoms with Crippen LogP contribution in [0.4, 0.5) is 0 Å². The second-order valence-electron chi connectivity index (χ2n) is 5.69. The Labute approximate surface area is 140 Å². The van der Waals surface area contributed by atoms with Crippen LogP contribution >= 0.6 is 23.2 Å². The van der Waals surface area contributed by atoms with Crippen molar-refractivity contribution in [1.29, 1.82) is 0 Å². The van der Waals surface area contributed by atoms with Crippen LogP contribution in [0.5, 0.6) is 0 Å². The minimum Gasteiger partial charge on any atom is -0.481 e. The normalized spacial score (nSPS) is 18.3. The molecular weight excluding hydrogens is 327 g/mol. The molecule has 1 aliphatic rings. The van der Waals surface area contributed by atoms with Crippen LogP contribution in [-0.4, -0.2) is 47.8 Å². The zero-order valence-corrected chi connectivity index (χ0v) is 14.0. The van der Waals surface area contributed by atoms with Crippen molar-refractivity contribution in [3.05, 3.63) is 28.0 Å². The first-order chi connectivity index (χ1) is 10.5. The molecule has 5 nitrogen and oxygen atoms in total. The van der Waals surface area contributed by atoms with Crippen LogP contribution in [-0.2, 0) is 16.1 Å². The third-order valence-corrected chi connectivity index (χ3v) is 4.84. The standard InChI is InChI=1S/C15H20Cl2N2O3/c1-22-7-4-15(14(20)21)2-5-19(6-3-15)10-13-12(17)8-11(16)9-18-13/h8-9H,2-7,10H2,1H3,(H,20,21). The van der Waals surface area contributed by atoms with Crippen LogP contribution in [0.3, 0.4) is 0 Å². The van der Waals surface area contributed by atoms with Gasteiger partial charge in [-0.15, -0.1) is 0 Å². The number of pyridine rings is 1. The first-order valence-corrected chi connectivity index (χ1v) is 7.97. The second-order valence-corrected chi connectivity index (χ2v) is 6.53. The summed E-state index contributed by atoms with van der Waals surface area (Å²) in [7, 11) is 1.60. The monoisotopic (exact) mass is 346 g/mol. The van der Waals surface area contributed by atoms with Gasteiger partial charge in [0.1, 0.15) is 0 Å². The fraction of sp³-hybridized carbons (Fsp3) is 0.600. The Balaban J connectivity index is 1.97. The number of carbonyl (C=O) groups is 1. The topological polar surface area (TPSA) is 62.7 Å². The van der Waals surface area contributed by atoms with Gasteiger partial charge in [0.2, 0.25) is 0 Å². The molecule has 22 heavy (non-hydrogen) atoms. The maximum Gasteiger partial charge on any atom is 0.309 e.